The van der Waals surface area contributed by atoms with Crippen molar-refractivity contribution >= 4 is 12.2 Å². The SMILES string of the molecule is N#CCCc1oc(C=Cc2ccccc2)nc1-c1ccccc1. The molecule has 0 aliphatic carbocycles. The van der Waals surface area contributed by atoms with Gasteiger partial charge in [0.2, 0.25) is 5.89 Å². The van der Waals surface area contributed by atoms with E-state index in [4.69, 9.17) is 9.68 Å². The molecule has 0 fully saturated rings. The number of hydrogen-bond acceptors (Lipinski definition) is 3. The van der Waals surface area contributed by atoms with Crippen molar-refractivity contribution in [1.82, 2.24) is 4.98 Å². The van der Waals surface area contributed by atoms with Crippen LogP contribution < -0.4 is 0 Å². The Balaban J connectivity index is 1.92. The van der Waals surface area contributed by atoms with Crippen LogP contribution in [0, 0.1) is 11.3 Å². The van der Waals surface area contributed by atoms with Crippen LogP contribution in [0.5, 0.6) is 0 Å². The number of hydrogen-bond donors (Lipinski definition) is 0. The molecule has 0 N–H and O–H groups in total. The van der Waals surface area contributed by atoms with Crippen molar-refractivity contribution in [3.63, 3.8) is 0 Å². The fourth-order valence-corrected chi connectivity index (χ4v) is 2.33. The van der Waals surface area contributed by atoms with Crippen LogP contribution >= 0.6 is 0 Å². The van der Waals surface area contributed by atoms with Gasteiger partial charge in [0.05, 0.1) is 6.07 Å². The molecule has 112 valence electrons. The number of aromatic nitrogens is 1. The van der Waals surface area contributed by atoms with Gasteiger partial charge in [0.1, 0.15) is 11.5 Å². The van der Waals surface area contributed by atoms with Gasteiger partial charge in [-0.2, -0.15) is 5.26 Å². The number of benzene rings is 2. The van der Waals surface area contributed by atoms with Gasteiger partial charge < -0.3 is 4.42 Å². The zero-order valence-corrected chi connectivity index (χ0v) is 12.6. The third-order valence-corrected chi connectivity index (χ3v) is 3.44. The summed E-state index contributed by atoms with van der Waals surface area (Å²) in [7, 11) is 0. The zero-order valence-electron chi connectivity index (χ0n) is 12.6. The second-order valence-electron chi connectivity index (χ2n) is 5.09. The maximum atomic E-state index is 8.82. The van der Waals surface area contributed by atoms with Gasteiger partial charge in [-0.25, -0.2) is 4.98 Å². The molecule has 3 aromatic rings. The van der Waals surface area contributed by atoms with Gasteiger partial charge in [-0.3, -0.25) is 0 Å². The van der Waals surface area contributed by atoms with E-state index >= 15 is 0 Å². The third kappa shape index (κ3) is 3.75. The van der Waals surface area contributed by atoms with Crippen LogP contribution in [0.25, 0.3) is 23.4 Å². The van der Waals surface area contributed by atoms with Crippen molar-refractivity contribution in [3.05, 3.63) is 77.9 Å². The Morgan fingerprint density at radius 1 is 0.957 bits per heavy atom. The fraction of sp³-hybridized carbons (Fsp3) is 0.100. The fourth-order valence-electron chi connectivity index (χ4n) is 2.33. The molecule has 23 heavy (non-hydrogen) atoms. The molecule has 2 aromatic carbocycles. The number of rotatable bonds is 5. The predicted octanol–water partition coefficient (Wildman–Crippen LogP) is 4.97. The van der Waals surface area contributed by atoms with Gasteiger partial charge in [-0.05, 0) is 11.6 Å². The van der Waals surface area contributed by atoms with Crippen molar-refractivity contribution in [3.8, 4) is 17.3 Å². The minimum Gasteiger partial charge on any atom is -0.441 e. The van der Waals surface area contributed by atoms with Gasteiger partial charge in [0.15, 0.2) is 0 Å². The normalized spacial score (nSPS) is 10.7. The highest BCUT2D eigenvalue weighted by Gasteiger charge is 2.13. The van der Waals surface area contributed by atoms with Crippen LogP contribution in [0.15, 0.2) is 65.1 Å². The highest BCUT2D eigenvalue weighted by atomic mass is 16.4. The highest BCUT2D eigenvalue weighted by molar-refractivity contribution is 5.68. The van der Waals surface area contributed by atoms with E-state index in [9.17, 15) is 0 Å². The van der Waals surface area contributed by atoms with E-state index in [2.05, 4.69) is 11.1 Å². The van der Waals surface area contributed by atoms with Crippen LogP contribution in [0.4, 0.5) is 0 Å². The van der Waals surface area contributed by atoms with E-state index in [1.54, 1.807) is 0 Å². The Kier molecular flexibility index (Phi) is 4.66. The highest BCUT2D eigenvalue weighted by Crippen LogP contribution is 2.25. The van der Waals surface area contributed by atoms with E-state index in [1.165, 1.54) is 0 Å². The number of oxazole rings is 1. The lowest BCUT2D eigenvalue weighted by Crippen LogP contribution is -1.86. The summed E-state index contributed by atoms with van der Waals surface area (Å²) in [5, 5.41) is 8.82. The van der Waals surface area contributed by atoms with Crippen LogP contribution in [-0.4, -0.2) is 4.98 Å². The van der Waals surface area contributed by atoms with E-state index in [-0.39, 0.29) is 0 Å². The molecule has 0 saturated carbocycles. The molecule has 0 atom stereocenters. The maximum Gasteiger partial charge on any atom is 0.219 e. The Labute approximate surface area is 135 Å². The molecule has 3 rings (SSSR count). The van der Waals surface area contributed by atoms with E-state index in [1.807, 2.05) is 72.8 Å². The summed E-state index contributed by atoms with van der Waals surface area (Å²) >= 11 is 0. The average molecular weight is 300 g/mol. The molecular formula is C20H16N2O. The first-order valence-corrected chi connectivity index (χ1v) is 7.52. The predicted molar refractivity (Wildman–Crippen MR) is 91.2 cm³/mol. The van der Waals surface area contributed by atoms with E-state index < -0.39 is 0 Å². The van der Waals surface area contributed by atoms with Crippen molar-refractivity contribution in [2.75, 3.05) is 0 Å². The first-order valence-electron chi connectivity index (χ1n) is 7.52. The average Bonchev–Trinajstić information content (AvgIpc) is 3.03. The smallest absolute Gasteiger partial charge is 0.219 e. The lowest BCUT2D eigenvalue weighted by molar-refractivity contribution is 0.497. The second-order valence-corrected chi connectivity index (χ2v) is 5.09. The summed E-state index contributed by atoms with van der Waals surface area (Å²) in [6.07, 6.45) is 4.80. The first-order chi connectivity index (χ1) is 11.4. The Morgan fingerprint density at radius 2 is 1.65 bits per heavy atom. The largest absolute Gasteiger partial charge is 0.441 e. The van der Waals surface area contributed by atoms with Crippen LogP contribution in [-0.2, 0) is 6.42 Å². The molecule has 3 nitrogen and oxygen atoms in total. The van der Waals surface area contributed by atoms with Crippen molar-refractivity contribution < 1.29 is 4.42 Å². The molecule has 0 aliphatic heterocycles. The molecule has 1 heterocycles. The second kappa shape index (κ2) is 7.24. The molecule has 1 aromatic heterocycles. The summed E-state index contributed by atoms with van der Waals surface area (Å²) in [5.74, 6) is 1.31. The zero-order chi connectivity index (χ0) is 15.9. The summed E-state index contributed by atoms with van der Waals surface area (Å²) in [6.45, 7) is 0. The Bertz CT molecular complexity index is 827. The molecule has 3 heteroatoms. The van der Waals surface area contributed by atoms with Crippen LogP contribution in [0.2, 0.25) is 0 Å². The van der Waals surface area contributed by atoms with Crippen molar-refractivity contribution in [2.45, 2.75) is 12.8 Å². The van der Waals surface area contributed by atoms with Gasteiger partial charge in [-0.1, -0.05) is 60.7 Å². The standard InChI is InChI=1S/C20H16N2O/c21-15-7-12-18-20(17-10-5-2-6-11-17)22-19(23-18)14-13-16-8-3-1-4-9-16/h1-6,8-11,13-14H,7,12H2. The quantitative estimate of drug-likeness (QED) is 0.668. The third-order valence-electron chi connectivity index (χ3n) is 3.44. The maximum absolute atomic E-state index is 8.82. The van der Waals surface area contributed by atoms with Gasteiger partial charge in [0, 0.05) is 24.5 Å². The molecular weight excluding hydrogens is 284 g/mol. The number of nitriles is 1. The van der Waals surface area contributed by atoms with E-state index in [0.717, 1.165) is 22.6 Å². The van der Waals surface area contributed by atoms with Crippen LogP contribution in [0.1, 0.15) is 23.6 Å². The monoisotopic (exact) mass is 300 g/mol. The number of nitrogens with zero attached hydrogens (tertiary/aromatic N) is 2. The van der Waals surface area contributed by atoms with Gasteiger partial charge in [0.25, 0.3) is 0 Å². The molecule has 0 bridgehead atoms. The van der Waals surface area contributed by atoms with Gasteiger partial charge in [-0.15, -0.1) is 0 Å². The summed E-state index contributed by atoms with van der Waals surface area (Å²) in [5.41, 5.74) is 2.91. The van der Waals surface area contributed by atoms with Crippen LogP contribution in [0.3, 0.4) is 0 Å². The lowest BCUT2D eigenvalue weighted by Gasteiger charge is -1.98. The lowest BCUT2D eigenvalue weighted by atomic mass is 10.1. The Hall–Kier alpha value is -3.12. The topological polar surface area (TPSA) is 49.8 Å². The molecule has 0 amide bonds. The Morgan fingerprint density at radius 3 is 2.35 bits per heavy atom. The minimum atomic E-state index is 0.414. The molecule has 0 radical (unpaired) electrons. The number of aryl methyl sites for hydroxylation is 1. The summed E-state index contributed by atoms with van der Waals surface area (Å²) in [4.78, 5) is 4.59. The molecule has 0 saturated heterocycles. The molecule has 0 spiro atoms. The van der Waals surface area contributed by atoms with Crippen molar-refractivity contribution in [2.24, 2.45) is 0 Å². The van der Waals surface area contributed by atoms with E-state index in [0.29, 0.717) is 18.7 Å². The summed E-state index contributed by atoms with van der Waals surface area (Å²) in [6, 6.07) is 22.1. The van der Waals surface area contributed by atoms with Crippen molar-refractivity contribution in [1.29, 1.82) is 5.26 Å². The molecule has 0 aliphatic rings. The molecule has 0 unspecified atom stereocenters. The van der Waals surface area contributed by atoms with Gasteiger partial charge >= 0.3 is 0 Å². The minimum absolute atomic E-state index is 0.414. The summed E-state index contributed by atoms with van der Waals surface area (Å²) < 4.78 is 5.84. The first kappa shape index (κ1) is 14.8.